The van der Waals surface area contributed by atoms with Crippen LogP contribution in [0.1, 0.15) is 58.3 Å². The van der Waals surface area contributed by atoms with Gasteiger partial charge in [-0.1, -0.05) is 24.9 Å². The van der Waals surface area contributed by atoms with Crippen LogP contribution in [0.15, 0.2) is 5.16 Å². The minimum Gasteiger partial charge on any atom is -0.386 e. The number of hydrogen-bond donors (Lipinski definition) is 1. The number of nitrogens with zero attached hydrogens (tertiary/aromatic N) is 1. The average molecular weight is 324 g/mol. The average Bonchev–Trinajstić information content (AvgIpc) is 3.00. The third-order valence-corrected chi connectivity index (χ3v) is 5.25. The van der Waals surface area contributed by atoms with Crippen LogP contribution in [0.3, 0.4) is 0 Å². The number of amides is 1. The fraction of sp³-hybridized carbons (Fsp3) is 0.882. The van der Waals surface area contributed by atoms with Gasteiger partial charge in [0.15, 0.2) is 12.4 Å². The van der Waals surface area contributed by atoms with E-state index in [2.05, 4.69) is 17.4 Å². The van der Waals surface area contributed by atoms with Gasteiger partial charge in [-0.3, -0.25) is 4.79 Å². The summed E-state index contributed by atoms with van der Waals surface area (Å²) in [6.45, 7) is 3.58. The molecule has 6 heteroatoms. The van der Waals surface area contributed by atoms with Crippen LogP contribution in [0.25, 0.3) is 0 Å². The summed E-state index contributed by atoms with van der Waals surface area (Å²) in [6, 6.07) is 0.290. The molecule has 0 unspecified atom stereocenters. The molecule has 3 aliphatic rings. The highest BCUT2D eigenvalue weighted by atomic mass is 16.7. The Labute approximate surface area is 137 Å². The maximum absolute atomic E-state index is 12.0. The van der Waals surface area contributed by atoms with Gasteiger partial charge in [-0.05, 0) is 31.6 Å². The van der Waals surface area contributed by atoms with Crippen LogP contribution < -0.4 is 5.32 Å². The third-order valence-electron chi connectivity index (χ3n) is 5.25. The topological polar surface area (TPSA) is 69.2 Å². The first-order valence-electron chi connectivity index (χ1n) is 8.92. The molecule has 6 nitrogen and oxygen atoms in total. The Morgan fingerprint density at radius 1 is 1.26 bits per heavy atom. The summed E-state index contributed by atoms with van der Waals surface area (Å²) >= 11 is 0. The zero-order valence-corrected chi connectivity index (χ0v) is 14.0. The van der Waals surface area contributed by atoms with Crippen molar-refractivity contribution in [2.45, 2.75) is 70.1 Å². The molecule has 23 heavy (non-hydrogen) atoms. The number of rotatable bonds is 4. The molecule has 3 rings (SSSR count). The molecule has 130 valence electrons. The number of hydrogen-bond acceptors (Lipinski definition) is 5. The first kappa shape index (κ1) is 16.7. The molecule has 0 aromatic carbocycles. The summed E-state index contributed by atoms with van der Waals surface area (Å²) < 4.78 is 11.4. The molecule has 1 aliphatic heterocycles. The predicted octanol–water partition coefficient (Wildman–Crippen LogP) is 2.37. The highest BCUT2D eigenvalue weighted by molar-refractivity contribution is 5.85. The second-order valence-electron chi connectivity index (χ2n) is 6.97. The van der Waals surface area contributed by atoms with Gasteiger partial charge in [0, 0.05) is 18.9 Å². The zero-order valence-electron chi connectivity index (χ0n) is 14.0. The molecular formula is C17H28N2O4. The quantitative estimate of drug-likeness (QED) is 0.806. The first-order chi connectivity index (χ1) is 11.2. The molecule has 1 heterocycles. The lowest BCUT2D eigenvalue weighted by Gasteiger charge is -2.31. The Hall–Kier alpha value is -1.14. The molecule has 2 saturated carbocycles. The summed E-state index contributed by atoms with van der Waals surface area (Å²) in [5, 5.41) is 7.21. The van der Waals surface area contributed by atoms with E-state index >= 15 is 0 Å². The van der Waals surface area contributed by atoms with Gasteiger partial charge >= 0.3 is 0 Å². The van der Waals surface area contributed by atoms with Crippen LogP contribution in [0.4, 0.5) is 0 Å². The zero-order chi connectivity index (χ0) is 16.1. The Bertz CT molecular complexity index is 434. The molecule has 1 N–H and O–H groups in total. The second-order valence-corrected chi connectivity index (χ2v) is 6.97. The minimum atomic E-state index is -0.381. The van der Waals surface area contributed by atoms with E-state index in [0.717, 1.165) is 37.8 Å². The van der Waals surface area contributed by atoms with Gasteiger partial charge in [-0.25, -0.2) is 0 Å². The van der Waals surface area contributed by atoms with Crippen molar-refractivity contribution in [1.29, 1.82) is 0 Å². The van der Waals surface area contributed by atoms with Gasteiger partial charge in [-0.15, -0.1) is 0 Å². The molecule has 1 spiro atoms. The standard InChI is InChI=1S/C17H28N2O4/c1-13-4-2-3-5-15(13)18-16(20)12-23-19-14-6-8-17(9-7-14)21-10-11-22-17/h13,15H,2-12H2,1H3,(H,18,20)/t13-,15+/m1/s1. The van der Waals surface area contributed by atoms with Gasteiger partial charge < -0.3 is 19.6 Å². The second kappa shape index (κ2) is 7.62. The van der Waals surface area contributed by atoms with E-state index < -0.39 is 0 Å². The van der Waals surface area contributed by atoms with Crippen LogP contribution in [-0.2, 0) is 19.1 Å². The lowest BCUT2D eigenvalue weighted by Crippen LogP contribution is -2.42. The molecular weight excluding hydrogens is 296 g/mol. The maximum atomic E-state index is 12.0. The van der Waals surface area contributed by atoms with Crippen LogP contribution in [0.5, 0.6) is 0 Å². The van der Waals surface area contributed by atoms with Crippen LogP contribution in [0.2, 0.25) is 0 Å². The van der Waals surface area contributed by atoms with Crippen LogP contribution >= 0.6 is 0 Å². The monoisotopic (exact) mass is 324 g/mol. The molecule has 2 atom stereocenters. The molecule has 2 aliphatic carbocycles. The number of carbonyl (C=O) groups excluding carboxylic acids is 1. The first-order valence-corrected chi connectivity index (χ1v) is 8.92. The maximum Gasteiger partial charge on any atom is 0.261 e. The highest BCUT2D eigenvalue weighted by Crippen LogP contribution is 2.34. The van der Waals surface area contributed by atoms with Crippen LogP contribution in [-0.4, -0.2) is 43.3 Å². The Morgan fingerprint density at radius 2 is 1.96 bits per heavy atom. The van der Waals surface area contributed by atoms with E-state index in [9.17, 15) is 4.79 Å². The summed E-state index contributed by atoms with van der Waals surface area (Å²) in [6.07, 6.45) is 7.99. The van der Waals surface area contributed by atoms with Crippen molar-refractivity contribution in [2.75, 3.05) is 19.8 Å². The van der Waals surface area contributed by atoms with E-state index in [0.29, 0.717) is 25.2 Å². The van der Waals surface area contributed by atoms with Crippen LogP contribution in [0, 0.1) is 5.92 Å². The van der Waals surface area contributed by atoms with Crippen molar-refractivity contribution in [3.05, 3.63) is 0 Å². The fourth-order valence-electron chi connectivity index (χ4n) is 3.76. The summed E-state index contributed by atoms with van der Waals surface area (Å²) in [5.41, 5.74) is 0.994. The van der Waals surface area contributed by atoms with Crippen molar-refractivity contribution >= 4 is 11.6 Å². The molecule has 0 radical (unpaired) electrons. The minimum absolute atomic E-state index is 0.00482. The third kappa shape index (κ3) is 4.44. The van der Waals surface area contributed by atoms with E-state index in [1.165, 1.54) is 19.3 Å². The molecule has 1 saturated heterocycles. The van der Waals surface area contributed by atoms with E-state index in [4.69, 9.17) is 14.3 Å². The predicted molar refractivity (Wildman–Crippen MR) is 86.1 cm³/mol. The van der Waals surface area contributed by atoms with Crippen molar-refractivity contribution in [1.82, 2.24) is 5.32 Å². The SMILES string of the molecule is C[C@@H]1CCCC[C@@H]1NC(=O)CON=C1CCC2(CC1)OCCO2. The van der Waals surface area contributed by atoms with Gasteiger partial charge in [0.25, 0.3) is 5.91 Å². The lowest BCUT2D eigenvalue weighted by atomic mass is 9.86. The van der Waals surface area contributed by atoms with Gasteiger partial charge in [0.1, 0.15) is 0 Å². The molecule has 3 fully saturated rings. The molecule has 1 amide bonds. The number of carbonyl (C=O) groups is 1. The van der Waals surface area contributed by atoms with Crippen molar-refractivity contribution in [3.8, 4) is 0 Å². The van der Waals surface area contributed by atoms with E-state index in [1.807, 2.05) is 0 Å². The Kier molecular flexibility index (Phi) is 5.54. The van der Waals surface area contributed by atoms with Crippen molar-refractivity contribution in [2.24, 2.45) is 11.1 Å². The summed E-state index contributed by atoms with van der Waals surface area (Å²) in [7, 11) is 0. The highest BCUT2D eigenvalue weighted by Gasteiger charge is 2.39. The van der Waals surface area contributed by atoms with Gasteiger partial charge in [0.05, 0.1) is 18.9 Å². The normalized spacial score (nSPS) is 30.2. The van der Waals surface area contributed by atoms with Crippen molar-refractivity contribution in [3.63, 3.8) is 0 Å². The number of nitrogens with one attached hydrogen (secondary N) is 1. The molecule has 0 aromatic heterocycles. The fourth-order valence-corrected chi connectivity index (χ4v) is 3.76. The molecule has 0 aromatic rings. The van der Waals surface area contributed by atoms with Crippen molar-refractivity contribution < 1.29 is 19.1 Å². The Morgan fingerprint density at radius 3 is 2.65 bits per heavy atom. The number of oxime groups is 1. The largest absolute Gasteiger partial charge is 0.386 e. The van der Waals surface area contributed by atoms with Gasteiger partial charge in [-0.2, -0.15) is 0 Å². The molecule has 0 bridgehead atoms. The van der Waals surface area contributed by atoms with E-state index in [1.54, 1.807) is 0 Å². The van der Waals surface area contributed by atoms with E-state index in [-0.39, 0.29) is 18.3 Å². The summed E-state index contributed by atoms with van der Waals surface area (Å²) in [4.78, 5) is 17.2. The number of ether oxygens (including phenoxy) is 2. The summed E-state index contributed by atoms with van der Waals surface area (Å²) in [5.74, 6) is 0.107. The smallest absolute Gasteiger partial charge is 0.261 e. The lowest BCUT2D eigenvalue weighted by molar-refractivity contribution is -0.168. The Balaban J connectivity index is 1.36. The van der Waals surface area contributed by atoms with Gasteiger partial charge in [0.2, 0.25) is 0 Å².